The molecule has 0 aliphatic rings. The molecule has 0 saturated carbocycles. The fraction of sp³-hybridized carbons (Fsp3) is 0.300. The summed E-state index contributed by atoms with van der Waals surface area (Å²) >= 11 is 0. The molecule has 0 bridgehead atoms. The highest BCUT2D eigenvalue weighted by Gasteiger charge is 2.06. The Morgan fingerprint density at radius 2 is 2.14 bits per heavy atom. The average Bonchev–Trinajstić information content (AvgIpc) is 2.16. The molecule has 0 amide bonds. The molecule has 0 atom stereocenters. The van der Waals surface area contributed by atoms with Crippen LogP contribution in [0, 0.1) is 6.92 Å². The lowest BCUT2D eigenvalue weighted by molar-refractivity contribution is 0.0600. The Labute approximate surface area is 89.7 Å². The van der Waals surface area contributed by atoms with E-state index in [0.717, 1.165) is 11.1 Å². The highest BCUT2D eigenvalue weighted by molar-refractivity contribution is 5.89. The zero-order chi connectivity index (χ0) is 9.84. The summed E-state index contributed by atoms with van der Waals surface area (Å²) in [6.45, 7) is 2.42. The van der Waals surface area contributed by atoms with Crippen molar-refractivity contribution in [3.63, 3.8) is 0 Å². The molecule has 0 radical (unpaired) electrons. The first kappa shape index (κ1) is 12.9. The van der Waals surface area contributed by atoms with Crippen LogP contribution in [0.4, 0.5) is 0 Å². The first-order valence-corrected chi connectivity index (χ1v) is 4.07. The number of hydrogen-bond donors (Lipinski definition) is 1. The van der Waals surface area contributed by atoms with Crippen LogP contribution < -0.4 is 5.73 Å². The van der Waals surface area contributed by atoms with Gasteiger partial charge in [-0.3, -0.25) is 0 Å². The van der Waals surface area contributed by atoms with Gasteiger partial charge in [-0.15, -0.1) is 12.4 Å². The summed E-state index contributed by atoms with van der Waals surface area (Å²) < 4.78 is 4.59. The lowest BCUT2D eigenvalue weighted by Gasteiger charge is -2.04. The van der Waals surface area contributed by atoms with Gasteiger partial charge in [0.1, 0.15) is 0 Å². The maximum atomic E-state index is 11.1. The second kappa shape index (κ2) is 5.62. The number of nitrogens with two attached hydrogens (primary N) is 1. The Balaban J connectivity index is 0.00000169. The molecule has 0 saturated heterocycles. The van der Waals surface area contributed by atoms with E-state index in [1.807, 2.05) is 13.0 Å². The fourth-order valence-electron chi connectivity index (χ4n) is 1.17. The van der Waals surface area contributed by atoms with Crippen LogP contribution in [-0.4, -0.2) is 13.1 Å². The van der Waals surface area contributed by atoms with Crippen molar-refractivity contribution in [3.8, 4) is 0 Å². The molecule has 0 aliphatic carbocycles. The maximum absolute atomic E-state index is 11.1. The summed E-state index contributed by atoms with van der Waals surface area (Å²) in [5, 5.41) is 0. The van der Waals surface area contributed by atoms with E-state index in [-0.39, 0.29) is 18.4 Å². The maximum Gasteiger partial charge on any atom is 0.337 e. The van der Waals surface area contributed by atoms with Crippen molar-refractivity contribution in [1.29, 1.82) is 0 Å². The van der Waals surface area contributed by atoms with Gasteiger partial charge in [0.2, 0.25) is 0 Å². The van der Waals surface area contributed by atoms with Gasteiger partial charge in [-0.2, -0.15) is 0 Å². The molecule has 0 spiro atoms. The molecule has 78 valence electrons. The molecule has 1 aromatic carbocycles. The highest BCUT2D eigenvalue weighted by Crippen LogP contribution is 2.11. The first-order chi connectivity index (χ1) is 6.19. The number of esters is 1. The minimum absolute atomic E-state index is 0. The lowest BCUT2D eigenvalue weighted by Crippen LogP contribution is -2.04. The van der Waals surface area contributed by atoms with Gasteiger partial charge in [-0.25, -0.2) is 4.79 Å². The van der Waals surface area contributed by atoms with Crippen molar-refractivity contribution < 1.29 is 9.53 Å². The van der Waals surface area contributed by atoms with E-state index < -0.39 is 0 Å². The molecule has 0 aromatic heterocycles. The fourth-order valence-corrected chi connectivity index (χ4v) is 1.17. The standard InChI is InChI=1S/C10H13NO2.ClH/c1-7-5-8(10(12)13-2)3-4-9(7)6-11;/h3-5H,6,11H2,1-2H3;1H. The molecule has 4 heteroatoms. The molecule has 0 aliphatic heterocycles. The minimum atomic E-state index is -0.313. The smallest absolute Gasteiger partial charge is 0.337 e. The van der Waals surface area contributed by atoms with Crippen LogP contribution in [0.1, 0.15) is 21.5 Å². The minimum Gasteiger partial charge on any atom is -0.465 e. The number of ether oxygens (including phenoxy) is 1. The number of rotatable bonds is 2. The van der Waals surface area contributed by atoms with Crippen LogP contribution in [0.5, 0.6) is 0 Å². The highest BCUT2D eigenvalue weighted by atomic mass is 35.5. The summed E-state index contributed by atoms with van der Waals surface area (Å²) in [7, 11) is 1.37. The van der Waals surface area contributed by atoms with Crippen LogP contribution in [0.15, 0.2) is 18.2 Å². The van der Waals surface area contributed by atoms with E-state index in [4.69, 9.17) is 5.73 Å². The molecule has 0 unspecified atom stereocenters. The topological polar surface area (TPSA) is 52.3 Å². The lowest BCUT2D eigenvalue weighted by atomic mass is 10.1. The Bertz CT molecular complexity index is 326. The van der Waals surface area contributed by atoms with Gasteiger partial charge in [-0.1, -0.05) is 6.07 Å². The van der Waals surface area contributed by atoms with Crippen LogP contribution in [0.25, 0.3) is 0 Å². The second-order valence-electron chi connectivity index (χ2n) is 2.84. The summed E-state index contributed by atoms with van der Waals surface area (Å²) in [6.07, 6.45) is 0. The first-order valence-electron chi connectivity index (χ1n) is 4.07. The molecule has 0 fully saturated rings. The van der Waals surface area contributed by atoms with Crippen molar-refractivity contribution in [3.05, 3.63) is 34.9 Å². The average molecular weight is 216 g/mol. The van der Waals surface area contributed by atoms with Gasteiger partial charge in [-0.05, 0) is 30.2 Å². The van der Waals surface area contributed by atoms with Gasteiger partial charge in [0.15, 0.2) is 0 Å². The van der Waals surface area contributed by atoms with Crippen molar-refractivity contribution >= 4 is 18.4 Å². The number of halogens is 1. The Hall–Kier alpha value is -1.06. The normalized spacial score (nSPS) is 9.07. The Kier molecular flexibility index (Phi) is 5.20. The number of carbonyl (C=O) groups excluding carboxylic acids is 1. The monoisotopic (exact) mass is 215 g/mol. The summed E-state index contributed by atoms with van der Waals surface area (Å²) in [6, 6.07) is 5.36. The van der Waals surface area contributed by atoms with Crippen molar-refractivity contribution in [1.82, 2.24) is 0 Å². The third kappa shape index (κ3) is 2.72. The van der Waals surface area contributed by atoms with E-state index in [1.165, 1.54) is 7.11 Å². The number of aryl methyl sites for hydroxylation is 1. The predicted molar refractivity (Wildman–Crippen MR) is 57.7 cm³/mol. The third-order valence-corrected chi connectivity index (χ3v) is 1.98. The largest absolute Gasteiger partial charge is 0.465 e. The van der Waals surface area contributed by atoms with E-state index >= 15 is 0 Å². The number of methoxy groups -OCH3 is 1. The van der Waals surface area contributed by atoms with Gasteiger partial charge in [0.25, 0.3) is 0 Å². The Morgan fingerprint density at radius 1 is 1.50 bits per heavy atom. The molecule has 14 heavy (non-hydrogen) atoms. The van der Waals surface area contributed by atoms with E-state index in [0.29, 0.717) is 12.1 Å². The van der Waals surface area contributed by atoms with E-state index in [2.05, 4.69) is 4.74 Å². The van der Waals surface area contributed by atoms with Gasteiger partial charge in [0.05, 0.1) is 12.7 Å². The quantitative estimate of drug-likeness (QED) is 0.764. The molecule has 3 nitrogen and oxygen atoms in total. The van der Waals surface area contributed by atoms with Gasteiger partial charge < -0.3 is 10.5 Å². The molecular formula is C10H14ClNO2. The summed E-state index contributed by atoms with van der Waals surface area (Å²) in [5.74, 6) is -0.313. The summed E-state index contributed by atoms with van der Waals surface area (Å²) in [5.41, 5.74) is 8.13. The SMILES string of the molecule is COC(=O)c1ccc(CN)c(C)c1.Cl. The van der Waals surface area contributed by atoms with Gasteiger partial charge >= 0.3 is 5.97 Å². The zero-order valence-corrected chi connectivity index (χ0v) is 9.06. The molecule has 0 heterocycles. The number of hydrogen-bond acceptors (Lipinski definition) is 3. The van der Waals surface area contributed by atoms with Crippen molar-refractivity contribution in [2.45, 2.75) is 13.5 Å². The van der Waals surface area contributed by atoms with E-state index in [1.54, 1.807) is 12.1 Å². The number of carbonyl (C=O) groups is 1. The summed E-state index contributed by atoms with van der Waals surface area (Å²) in [4.78, 5) is 11.1. The van der Waals surface area contributed by atoms with Crippen LogP contribution in [-0.2, 0) is 11.3 Å². The van der Waals surface area contributed by atoms with Crippen molar-refractivity contribution in [2.24, 2.45) is 5.73 Å². The molecular weight excluding hydrogens is 202 g/mol. The van der Waals surface area contributed by atoms with E-state index in [9.17, 15) is 4.79 Å². The third-order valence-electron chi connectivity index (χ3n) is 1.98. The Morgan fingerprint density at radius 3 is 2.57 bits per heavy atom. The number of benzene rings is 1. The van der Waals surface area contributed by atoms with Gasteiger partial charge in [0, 0.05) is 6.54 Å². The molecule has 2 N–H and O–H groups in total. The predicted octanol–water partition coefficient (Wildman–Crippen LogP) is 1.66. The molecule has 1 aromatic rings. The van der Waals surface area contributed by atoms with Crippen LogP contribution in [0.3, 0.4) is 0 Å². The van der Waals surface area contributed by atoms with Crippen molar-refractivity contribution in [2.75, 3.05) is 7.11 Å². The zero-order valence-electron chi connectivity index (χ0n) is 8.24. The second-order valence-corrected chi connectivity index (χ2v) is 2.84. The van der Waals surface area contributed by atoms with Crippen LogP contribution >= 0.6 is 12.4 Å². The molecule has 1 rings (SSSR count). The van der Waals surface area contributed by atoms with Crippen LogP contribution in [0.2, 0.25) is 0 Å².